The molecule has 0 bridgehead atoms. The van der Waals surface area contributed by atoms with Gasteiger partial charge in [-0.25, -0.2) is 0 Å². The van der Waals surface area contributed by atoms with E-state index in [0.717, 1.165) is 4.47 Å². The molecule has 0 aliphatic rings. The van der Waals surface area contributed by atoms with E-state index in [9.17, 15) is 0 Å². The van der Waals surface area contributed by atoms with Crippen LogP contribution in [0, 0.1) is 0 Å². The van der Waals surface area contributed by atoms with Crippen LogP contribution >= 0.6 is 15.9 Å². The molecule has 0 aliphatic carbocycles. The predicted octanol–water partition coefficient (Wildman–Crippen LogP) is 7.21. The van der Waals surface area contributed by atoms with Crippen LogP contribution in [-0.4, -0.2) is 4.57 Å². The number of fused-ring (bicyclic) bond motifs is 3. The second kappa shape index (κ2) is 6.15. The molecular formula is C24H16BrN. The Morgan fingerprint density at radius 3 is 2.00 bits per heavy atom. The zero-order chi connectivity index (χ0) is 17.5. The number of rotatable bonds is 2. The summed E-state index contributed by atoms with van der Waals surface area (Å²) in [7, 11) is 0. The van der Waals surface area contributed by atoms with E-state index in [2.05, 4.69) is 118 Å². The van der Waals surface area contributed by atoms with Crippen molar-refractivity contribution in [2.45, 2.75) is 0 Å². The van der Waals surface area contributed by atoms with Crippen LogP contribution in [0.2, 0.25) is 0 Å². The first kappa shape index (κ1) is 15.4. The topological polar surface area (TPSA) is 4.93 Å². The van der Waals surface area contributed by atoms with Gasteiger partial charge in [0.25, 0.3) is 0 Å². The minimum absolute atomic E-state index is 1.12. The van der Waals surface area contributed by atoms with Gasteiger partial charge in [-0.05, 0) is 41.5 Å². The number of nitrogens with zero attached hydrogens (tertiary/aromatic N) is 1. The molecule has 124 valence electrons. The highest BCUT2D eigenvalue weighted by Gasteiger charge is 2.15. The molecule has 5 rings (SSSR count). The molecular weight excluding hydrogens is 382 g/mol. The molecule has 0 saturated carbocycles. The Kier molecular flexibility index (Phi) is 3.65. The summed E-state index contributed by atoms with van der Waals surface area (Å²) in [6, 6.07) is 34.2. The second-order valence-corrected chi connectivity index (χ2v) is 7.26. The largest absolute Gasteiger partial charge is 0.309 e. The van der Waals surface area contributed by atoms with Gasteiger partial charge in [0.1, 0.15) is 0 Å². The lowest BCUT2D eigenvalue weighted by molar-refractivity contribution is 1.18. The maximum Gasteiger partial charge on any atom is 0.0558 e. The van der Waals surface area contributed by atoms with Gasteiger partial charge < -0.3 is 4.57 Å². The van der Waals surface area contributed by atoms with Crippen LogP contribution < -0.4 is 0 Å². The zero-order valence-corrected chi connectivity index (χ0v) is 15.6. The molecule has 0 saturated heterocycles. The molecule has 0 atom stereocenters. The van der Waals surface area contributed by atoms with E-state index in [-0.39, 0.29) is 0 Å². The minimum atomic E-state index is 1.12. The normalized spacial score (nSPS) is 11.3. The van der Waals surface area contributed by atoms with E-state index in [0.29, 0.717) is 0 Å². The van der Waals surface area contributed by atoms with Crippen molar-refractivity contribution in [1.82, 2.24) is 4.57 Å². The number of benzene rings is 4. The van der Waals surface area contributed by atoms with Crippen molar-refractivity contribution in [2.75, 3.05) is 0 Å². The lowest BCUT2D eigenvalue weighted by atomic mass is 10.0. The Bertz CT molecular complexity index is 1220. The van der Waals surface area contributed by atoms with Gasteiger partial charge in [0.15, 0.2) is 0 Å². The molecule has 0 fully saturated rings. The highest BCUT2D eigenvalue weighted by atomic mass is 79.9. The van der Waals surface area contributed by atoms with Crippen LogP contribution in [0.4, 0.5) is 0 Å². The Balaban J connectivity index is 1.93. The fourth-order valence-electron chi connectivity index (χ4n) is 3.70. The fourth-order valence-corrected chi connectivity index (χ4v) is 4.36. The Labute approximate surface area is 160 Å². The third-order valence-corrected chi connectivity index (χ3v) is 5.47. The lowest BCUT2D eigenvalue weighted by Crippen LogP contribution is -1.93. The molecule has 1 nitrogen and oxygen atoms in total. The lowest BCUT2D eigenvalue weighted by Gasteiger charge is -2.09. The second-order valence-electron chi connectivity index (χ2n) is 6.41. The molecule has 4 aromatic carbocycles. The summed E-state index contributed by atoms with van der Waals surface area (Å²) >= 11 is 3.84. The molecule has 26 heavy (non-hydrogen) atoms. The number of aromatic nitrogens is 1. The Morgan fingerprint density at radius 2 is 1.23 bits per heavy atom. The third kappa shape index (κ3) is 2.38. The van der Waals surface area contributed by atoms with Crippen molar-refractivity contribution < 1.29 is 0 Å². The van der Waals surface area contributed by atoms with Gasteiger partial charge >= 0.3 is 0 Å². The third-order valence-electron chi connectivity index (χ3n) is 4.85. The monoisotopic (exact) mass is 397 g/mol. The number of hydrogen-bond acceptors (Lipinski definition) is 0. The maximum absolute atomic E-state index is 3.84. The molecule has 0 N–H and O–H groups in total. The van der Waals surface area contributed by atoms with Crippen molar-refractivity contribution in [2.24, 2.45) is 0 Å². The minimum Gasteiger partial charge on any atom is -0.309 e. The number of para-hydroxylation sites is 2. The van der Waals surface area contributed by atoms with Crippen LogP contribution in [0.5, 0.6) is 0 Å². The van der Waals surface area contributed by atoms with Crippen LogP contribution in [0.3, 0.4) is 0 Å². The molecule has 1 aromatic heterocycles. The van der Waals surface area contributed by atoms with E-state index in [1.54, 1.807) is 0 Å². The van der Waals surface area contributed by atoms with Crippen molar-refractivity contribution in [3.05, 3.63) is 102 Å². The average molecular weight is 398 g/mol. The summed E-state index contributed by atoms with van der Waals surface area (Å²) in [5.41, 5.74) is 6.05. The van der Waals surface area contributed by atoms with Crippen LogP contribution in [-0.2, 0) is 0 Å². The van der Waals surface area contributed by atoms with Gasteiger partial charge in [-0.3, -0.25) is 0 Å². The summed E-state index contributed by atoms with van der Waals surface area (Å²) in [4.78, 5) is 0. The van der Waals surface area contributed by atoms with Crippen LogP contribution in [0.1, 0.15) is 0 Å². The number of hydrogen-bond donors (Lipinski definition) is 0. The summed E-state index contributed by atoms with van der Waals surface area (Å²) in [5.74, 6) is 0. The Hall–Kier alpha value is -2.84. The molecule has 2 heteroatoms. The molecule has 0 amide bonds. The van der Waals surface area contributed by atoms with Gasteiger partial charge in [-0.15, -0.1) is 0 Å². The summed E-state index contributed by atoms with van der Waals surface area (Å²) in [6.45, 7) is 0. The zero-order valence-electron chi connectivity index (χ0n) is 14.1. The summed E-state index contributed by atoms with van der Waals surface area (Å²) < 4.78 is 3.47. The highest BCUT2D eigenvalue weighted by molar-refractivity contribution is 9.10. The smallest absolute Gasteiger partial charge is 0.0558 e. The average Bonchev–Trinajstić information content (AvgIpc) is 3.04. The number of halogens is 1. The van der Waals surface area contributed by atoms with E-state index in [1.165, 1.54) is 38.6 Å². The van der Waals surface area contributed by atoms with E-state index < -0.39 is 0 Å². The molecule has 0 radical (unpaired) electrons. The summed E-state index contributed by atoms with van der Waals surface area (Å²) in [5, 5.41) is 2.52. The van der Waals surface area contributed by atoms with Crippen LogP contribution in [0.15, 0.2) is 102 Å². The van der Waals surface area contributed by atoms with E-state index >= 15 is 0 Å². The standard InChI is InChI=1S/C24H16BrN/c25-21-15-18(17-9-3-1-4-10-17)16-23-24(21)20-13-7-8-14-22(20)26(23)19-11-5-2-6-12-19/h1-16H. The van der Waals surface area contributed by atoms with E-state index in [4.69, 9.17) is 0 Å². The van der Waals surface area contributed by atoms with Crippen molar-refractivity contribution in [3.63, 3.8) is 0 Å². The first-order valence-electron chi connectivity index (χ1n) is 8.66. The van der Waals surface area contributed by atoms with Crippen molar-refractivity contribution >= 4 is 37.7 Å². The predicted molar refractivity (Wildman–Crippen MR) is 114 cm³/mol. The maximum atomic E-state index is 3.84. The Morgan fingerprint density at radius 1 is 0.577 bits per heavy atom. The van der Waals surface area contributed by atoms with Crippen molar-refractivity contribution in [3.8, 4) is 16.8 Å². The van der Waals surface area contributed by atoms with E-state index in [1.807, 2.05) is 0 Å². The van der Waals surface area contributed by atoms with Crippen LogP contribution in [0.25, 0.3) is 38.6 Å². The van der Waals surface area contributed by atoms with Gasteiger partial charge in [0.05, 0.1) is 11.0 Å². The first-order chi connectivity index (χ1) is 12.8. The van der Waals surface area contributed by atoms with Gasteiger partial charge in [0, 0.05) is 20.9 Å². The highest BCUT2D eigenvalue weighted by Crippen LogP contribution is 2.39. The summed E-state index contributed by atoms with van der Waals surface area (Å²) in [6.07, 6.45) is 0. The first-order valence-corrected chi connectivity index (χ1v) is 9.46. The fraction of sp³-hybridized carbons (Fsp3) is 0. The molecule has 0 spiro atoms. The molecule has 0 unspecified atom stereocenters. The molecule has 0 aliphatic heterocycles. The van der Waals surface area contributed by atoms with Gasteiger partial charge in [-0.2, -0.15) is 0 Å². The quantitative estimate of drug-likeness (QED) is 0.296. The van der Waals surface area contributed by atoms with Gasteiger partial charge in [0.2, 0.25) is 0 Å². The SMILES string of the molecule is Brc1cc(-c2ccccc2)cc2c1c1ccccc1n2-c1ccccc1. The molecule has 5 aromatic rings. The molecule has 1 heterocycles. The van der Waals surface area contributed by atoms with Crippen molar-refractivity contribution in [1.29, 1.82) is 0 Å². The van der Waals surface area contributed by atoms with Gasteiger partial charge in [-0.1, -0.05) is 82.7 Å².